The Morgan fingerprint density at radius 3 is 2.33 bits per heavy atom. The number of benzene rings is 1. The van der Waals surface area contributed by atoms with Crippen molar-refractivity contribution in [2.45, 2.75) is 45.6 Å². The molecule has 2 heterocycles. The van der Waals surface area contributed by atoms with Crippen molar-refractivity contribution >= 4 is 17.8 Å². The lowest BCUT2D eigenvalue weighted by Gasteiger charge is -2.18. The van der Waals surface area contributed by atoms with E-state index < -0.39 is 47.5 Å². The number of carbonyl (C=O) groups excluding carboxylic acids is 3. The number of methoxy groups -OCH3 is 1. The van der Waals surface area contributed by atoms with Crippen molar-refractivity contribution in [3.63, 3.8) is 0 Å². The second-order valence-electron chi connectivity index (χ2n) is 7.49. The third kappa shape index (κ3) is 5.20. The highest BCUT2D eigenvalue weighted by atomic mass is 16.6. The van der Waals surface area contributed by atoms with Gasteiger partial charge in [-0.15, -0.1) is 0 Å². The molecule has 11 heteroatoms. The Kier molecular flexibility index (Phi) is 7.12. The topological polar surface area (TPSA) is 132 Å². The molecule has 0 aliphatic carbocycles. The third-order valence-corrected chi connectivity index (χ3v) is 5.08. The SMILES string of the molecule is COc1ccc(C(=O)n2c(=O)c(C)cn([C@H]3C[C@@H](OC(C)=O)[C@H](COC(C)=O)O3)c2=O)cc1. The average molecular weight is 460 g/mol. The predicted octanol–water partition coefficient (Wildman–Crippen LogP) is 0.798. The van der Waals surface area contributed by atoms with Gasteiger partial charge in [0.05, 0.1) is 7.11 Å². The van der Waals surface area contributed by atoms with Crippen molar-refractivity contribution in [1.82, 2.24) is 9.13 Å². The van der Waals surface area contributed by atoms with Crippen LogP contribution in [0.4, 0.5) is 0 Å². The van der Waals surface area contributed by atoms with Crippen molar-refractivity contribution in [3.05, 3.63) is 62.4 Å². The molecule has 3 rings (SSSR count). The van der Waals surface area contributed by atoms with Gasteiger partial charge in [0, 0.05) is 37.6 Å². The number of nitrogens with zero attached hydrogens (tertiary/aromatic N) is 2. The van der Waals surface area contributed by atoms with Crippen LogP contribution in [0.1, 0.15) is 42.4 Å². The Balaban J connectivity index is 1.98. The lowest BCUT2D eigenvalue weighted by atomic mass is 10.2. The third-order valence-electron chi connectivity index (χ3n) is 5.08. The normalized spacial score (nSPS) is 19.7. The number of carbonyl (C=O) groups is 3. The smallest absolute Gasteiger partial charge is 0.340 e. The summed E-state index contributed by atoms with van der Waals surface area (Å²) in [6.45, 7) is 3.72. The van der Waals surface area contributed by atoms with Crippen molar-refractivity contribution in [1.29, 1.82) is 0 Å². The quantitative estimate of drug-likeness (QED) is 0.574. The molecule has 0 saturated carbocycles. The minimum Gasteiger partial charge on any atom is -0.497 e. The zero-order valence-electron chi connectivity index (χ0n) is 18.6. The molecule has 11 nitrogen and oxygen atoms in total. The van der Waals surface area contributed by atoms with Crippen LogP contribution in [0.25, 0.3) is 0 Å². The molecule has 1 aromatic heterocycles. The van der Waals surface area contributed by atoms with Crippen LogP contribution in [0, 0.1) is 6.92 Å². The van der Waals surface area contributed by atoms with Gasteiger partial charge in [-0.3, -0.25) is 23.7 Å². The molecule has 0 bridgehead atoms. The second-order valence-corrected chi connectivity index (χ2v) is 7.49. The minimum atomic E-state index is -0.961. The predicted molar refractivity (Wildman–Crippen MR) is 113 cm³/mol. The first-order valence-electron chi connectivity index (χ1n) is 10.1. The molecular formula is C22H24N2O9. The summed E-state index contributed by atoms with van der Waals surface area (Å²) in [5, 5.41) is 0. The van der Waals surface area contributed by atoms with E-state index in [1.165, 1.54) is 58.3 Å². The monoisotopic (exact) mass is 460 g/mol. The Hall–Kier alpha value is -3.73. The summed E-state index contributed by atoms with van der Waals surface area (Å²) >= 11 is 0. The summed E-state index contributed by atoms with van der Waals surface area (Å²) in [4.78, 5) is 61.5. The Morgan fingerprint density at radius 1 is 1.09 bits per heavy atom. The standard InChI is InChI=1S/C22H24N2O9/c1-12-10-23(19-9-17(32-14(3)26)18(33-19)11-31-13(2)25)22(29)24(20(12)27)21(28)15-5-7-16(30-4)8-6-15/h5-8,10,17-19H,9,11H2,1-4H3/t17-,18+,19-/m1/s1. The van der Waals surface area contributed by atoms with Crippen LogP contribution in [0.3, 0.4) is 0 Å². The van der Waals surface area contributed by atoms with Crippen molar-refractivity contribution in [3.8, 4) is 5.75 Å². The maximum absolute atomic E-state index is 13.2. The molecule has 0 unspecified atom stereocenters. The van der Waals surface area contributed by atoms with Gasteiger partial charge in [0.1, 0.15) is 30.8 Å². The number of rotatable bonds is 6. The van der Waals surface area contributed by atoms with Gasteiger partial charge < -0.3 is 18.9 Å². The van der Waals surface area contributed by atoms with Crippen LogP contribution in [0.2, 0.25) is 0 Å². The molecule has 3 atom stereocenters. The summed E-state index contributed by atoms with van der Waals surface area (Å²) in [6.07, 6.45) is -1.24. The molecule has 176 valence electrons. The van der Waals surface area contributed by atoms with E-state index >= 15 is 0 Å². The fourth-order valence-electron chi connectivity index (χ4n) is 3.50. The van der Waals surface area contributed by atoms with Gasteiger partial charge >= 0.3 is 17.6 Å². The van der Waals surface area contributed by atoms with Gasteiger partial charge in [-0.05, 0) is 31.2 Å². The maximum atomic E-state index is 13.2. The number of hydrogen-bond donors (Lipinski definition) is 0. The number of esters is 2. The van der Waals surface area contributed by atoms with Gasteiger partial charge in [0.25, 0.3) is 11.5 Å². The molecule has 1 aliphatic rings. The second kappa shape index (κ2) is 9.82. The van der Waals surface area contributed by atoms with E-state index in [9.17, 15) is 24.0 Å². The molecule has 33 heavy (non-hydrogen) atoms. The molecule has 2 aromatic rings. The first-order chi connectivity index (χ1) is 15.6. The first-order valence-corrected chi connectivity index (χ1v) is 10.1. The highest BCUT2D eigenvalue weighted by Crippen LogP contribution is 2.30. The molecular weight excluding hydrogens is 436 g/mol. The summed E-state index contributed by atoms with van der Waals surface area (Å²) in [6, 6.07) is 5.96. The van der Waals surface area contributed by atoms with E-state index in [2.05, 4.69) is 0 Å². The van der Waals surface area contributed by atoms with E-state index in [0.717, 1.165) is 4.57 Å². The molecule has 0 spiro atoms. The summed E-state index contributed by atoms with van der Waals surface area (Å²) in [5.74, 6) is -1.41. The van der Waals surface area contributed by atoms with Gasteiger partial charge in [0.15, 0.2) is 0 Å². The van der Waals surface area contributed by atoms with Crippen LogP contribution in [-0.4, -0.2) is 52.9 Å². The summed E-state index contributed by atoms with van der Waals surface area (Å²) in [5.41, 5.74) is -1.42. The molecule has 1 aliphatic heterocycles. The highest BCUT2D eigenvalue weighted by Gasteiger charge is 2.40. The molecule has 1 aromatic carbocycles. The zero-order chi connectivity index (χ0) is 24.3. The van der Waals surface area contributed by atoms with Gasteiger partial charge in [-0.2, -0.15) is 4.57 Å². The Labute approximate surface area is 188 Å². The fourth-order valence-corrected chi connectivity index (χ4v) is 3.50. The largest absolute Gasteiger partial charge is 0.497 e. The van der Waals surface area contributed by atoms with E-state index in [4.69, 9.17) is 18.9 Å². The fraction of sp³-hybridized carbons (Fsp3) is 0.409. The Morgan fingerprint density at radius 2 is 1.76 bits per heavy atom. The molecule has 1 fully saturated rings. The van der Waals surface area contributed by atoms with Crippen LogP contribution in [0.15, 0.2) is 40.1 Å². The van der Waals surface area contributed by atoms with Crippen LogP contribution in [0.5, 0.6) is 5.75 Å². The number of aromatic nitrogens is 2. The van der Waals surface area contributed by atoms with E-state index in [0.29, 0.717) is 10.3 Å². The average Bonchev–Trinajstić information content (AvgIpc) is 3.16. The number of aryl methyl sites for hydroxylation is 1. The van der Waals surface area contributed by atoms with Crippen LogP contribution in [-0.2, 0) is 23.8 Å². The molecule has 0 amide bonds. The first kappa shape index (κ1) is 23.9. The lowest BCUT2D eigenvalue weighted by Crippen LogP contribution is -2.45. The zero-order valence-corrected chi connectivity index (χ0v) is 18.6. The van der Waals surface area contributed by atoms with E-state index in [1.807, 2.05) is 0 Å². The number of ether oxygens (including phenoxy) is 4. The Bertz CT molecular complexity index is 1180. The van der Waals surface area contributed by atoms with Crippen LogP contribution < -0.4 is 16.0 Å². The summed E-state index contributed by atoms with van der Waals surface area (Å²) in [7, 11) is 1.47. The van der Waals surface area contributed by atoms with E-state index in [-0.39, 0.29) is 24.2 Å². The highest BCUT2D eigenvalue weighted by molar-refractivity contribution is 5.95. The number of hydrogen-bond acceptors (Lipinski definition) is 9. The maximum Gasteiger partial charge on any atom is 0.340 e. The molecule has 1 saturated heterocycles. The molecule has 0 radical (unpaired) electrons. The lowest BCUT2D eigenvalue weighted by molar-refractivity contribution is -0.155. The van der Waals surface area contributed by atoms with Crippen molar-refractivity contribution in [2.75, 3.05) is 13.7 Å². The van der Waals surface area contributed by atoms with E-state index in [1.54, 1.807) is 0 Å². The minimum absolute atomic E-state index is 0.0553. The summed E-state index contributed by atoms with van der Waals surface area (Å²) < 4.78 is 22.7. The van der Waals surface area contributed by atoms with Crippen LogP contribution >= 0.6 is 0 Å². The van der Waals surface area contributed by atoms with Gasteiger partial charge in [-0.25, -0.2) is 4.79 Å². The van der Waals surface area contributed by atoms with Crippen molar-refractivity contribution < 1.29 is 33.3 Å². The van der Waals surface area contributed by atoms with Gasteiger partial charge in [-0.1, -0.05) is 0 Å². The molecule has 0 N–H and O–H groups in total. The van der Waals surface area contributed by atoms with Crippen molar-refractivity contribution in [2.24, 2.45) is 0 Å². The van der Waals surface area contributed by atoms with Gasteiger partial charge in [0.2, 0.25) is 0 Å².